The van der Waals surface area contributed by atoms with Crippen LogP contribution in [-0.4, -0.2) is 34.2 Å². The third kappa shape index (κ3) is 2.52. The lowest BCUT2D eigenvalue weighted by molar-refractivity contribution is -0.118. The van der Waals surface area contributed by atoms with E-state index in [1.807, 2.05) is 13.0 Å². The first-order valence-corrected chi connectivity index (χ1v) is 5.46. The molecule has 0 aliphatic heterocycles. The number of aromatic nitrogens is 3. The highest BCUT2D eigenvalue weighted by atomic mass is 16.1. The van der Waals surface area contributed by atoms with Gasteiger partial charge in [0.25, 0.3) is 0 Å². The maximum atomic E-state index is 10.7. The Morgan fingerprint density at radius 3 is 3.06 bits per heavy atom. The highest BCUT2D eigenvalue weighted by molar-refractivity contribution is 5.91. The van der Waals surface area contributed by atoms with Crippen LogP contribution in [0, 0.1) is 6.92 Å². The number of carbonyl (C=O) groups excluding carboxylic acids is 1. The molecule has 0 aromatic carbocycles. The van der Waals surface area contributed by atoms with Crippen molar-refractivity contribution in [2.24, 2.45) is 0 Å². The normalized spacial score (nSPS) is 10.5. The van der Waals surface area contributed by atoms with Gasteiger partial charge in [0.05, 0.1) is 10.9 Å². The first-order valence-electron chi connectivity index (χ1n) is 5.46. The molecule has 0 spiro atoms. The van der Waals surface area contributed by atoms with Crippen molar-refractivity contribution in [2.75, 3.05) is 18.4 Å². The third-order valence-corrected chi connectivity index (χ3v) is 2.44. The summed E-state index contributed by atoms with van der Waals surface area (Å²) in [5.41, 5.74) is 1.87. The molecule has 3 N–H and O–H groups in total. The van der Waals surface area contributed by atoms with Gasteiger partial charge >= 0.3 is 0 Å². The fourth-order valence-electron chi connectivity index (χ4n) is 1.67. The molecule has 0 saturated heterocycles. The highest BCUT2D eigenvalue weighted by Gasteiger charge is 2.07. The largest absolute Gasteiger partial charge is 0.368 e. The van der Waals surface area contributed by atoms with Crippen LogP contribution in [0.15, 0.2) is 12.3 Å². The molecule has 2 aromatic rings. The molecular formula is C11H15N5O. The van der Waals surface area contributed by atoms with Crippen LogP contribution in [0.25, 0.3) is 10.9 Å². The Hall–Kier alpha value is -2.11. The summed E-state index contributed by atoms with van der Waals surface area (Å²) in [5.74, 6) is 0.761. The molecule has 2 rings (SSSR count). The summed E-state index contributed by atoms with van der Waals surface area (Å²) in [7, 11) is 0. The van der Waals surface area contributed by atoms with Gasteiger partial charge in [-0.2, -0.15) is 5.10 Å². The number of hydrogen-bond donors (Lipinski definition) is 3. The van der Waals surface area contributed by atoms with Crippen molar-refractivity contribution in [3.8, 4) is 0 Å². The van der Waals surface area contributed by atoms with E-state index in [1.165, 1.54) is 6.92 Å². The Labute approximate surface area is 98.8 Å². The Morgan fingerprint density at radius 2 is 2.29 bits per heavy atom. The van der Waals surface area contributed by atoms with Gasteiger partial charge in [0.15, 0.2) is 0 Å². The second-order valence-electron chi connectivity index (χ2n) is 3.81. The van der Waals surface area contributed by atoms with E-state index in [4.69, 9.17) is 0 Å². The summed E-state index contributed by atoms with van der Waals surface area (Å²) in [5, 5.41) is 14.0. The summed E-state index contributed by atoms with van der Waals surface area (Å²) in [6.07, 6.45) is 1.71. The SMILES string of the molecule is CC(=O)NCCNc1nccc2n[nH]c(C)c12. The molecule has 0 fully saturated rings. The number of fused-ring (bicyclic) bond motifs is 1. The molecule has 0 saturated carbocycles. The van der Waals surface area contributed by atoms with Crippen LogP contribution >= 0.6 is 0 Å². The number of pyridine rings is 1. The predicted molar refractivity (Wildman–Crippen MR) is 65.8 cm³/mol. The summed E-state index contributed by atoms with van der Waals surface area (Å²) in [6.45, 7) is 4.66. The zero-order valence-corrected chi connectivity index (χ0v) is 9.87. The van der Waals surface area contributed by atoms with Crippen molar-refractivity contribution in [2.45, 2.75) is 13.8 Å². The van der Waals surface area contributed by atoms with E-state index in [-0.39, 0.29) is 5.91 Å². The first kappa shape index (κ1) is 11.4. The van der Waals surface area contributed by atoms with Gasteiger partial charge in [-0.1, -0.05) is 0 Å². The van der Waals surface area contributed by atoms with E-state index in [1.54, 1.807) is 6.20 Å². The van der Waals surface area contributed by atoms with Gasteiger partial charge in [-0.3, -0.25) is 9.89 Å². The lowest BCUT2D eigenvalue weighted by Gasteiger charge is -2.07. The van der Waals surface area contributed by atoms with Crippen LogP contribution < -0.4 is 10.6 Å². The summed E-state index contributed by atoms with van der Waals surface area (Å²) in [4.78, 5) is 15.0. The average molecular weight is 233 g/mol. The number of carbonyl (C=O) groups is 1. The van der Waals surface area contributed by atoms with Gasteiger partial charge in [-0.15, -0.1) is 0 Å². The lowest BCUT2D eigenvalue weighted by atomic mass is 10.2. The molecule has 0 bridgehead atoms. The summed E-state index contributed by atoms with van der Waals surface area (Å²) < 4.78 is 0. The number of H-pyrrole nitrogens is 1. The van der Waals surface area contributed by atoms with Gasteiger partial charge < -0.3 is 10.6 Å². The van der Waals surface area contributed by atoms with Gasteiger partial charge in [0, 0.05) is 31.9 Å². The molecule has 0 aliphatic rings. The number of nitrogens with zero attached hydrogens (tertiary/aromatic N) is 2. The fraction of sp³-hybridized carbons (Fsp3) is 0.364. The smallest absolute Gasteiger partial charge is 0.216 e. The highest BCUT2D eigenvalue weighted by Crippen LogP contribution is 2.21. The van der Waals surface area contributed by atoms with E-state index < -0.39 is 0 Å². The van der Waals surface area contributed by atoms with Gasteiger partial charge in [0.2, 0.25) is 5.91 Å². The average Bonchev–Trinajstić information content (AvgIpc) is 2.67. The molecule has 0 radical (unpaired) electrons. The zero-order chi connectivity index (χ0) is 12.3. The lowest BCUT2D eigenvalue weighted by Crippen LogP contribution is -2.26. The molecule has 2 aromatic heterocycles. The van der Waals surface area contributed by atoms with Crippen molar-refractivity contribution in [1.82, 2.24) is 20.5 Å². The van der Waals surface area contributed by atoms with E-state index in [2.05, 4.69) is 25.8 Å². The first-order chi connectivity index (χ1) is 8.18. The minimum absolute atomic E-state index is 0.0301. The molecule has 0 aliphatic carbocycles. The number of nitrogens with one attached hydrogen (secondary N) is 3. The van der Waals surface area contributed by atoms with Gasteiger partial charge in [-0.25, -0.2) is 4.98 Å². The molecule has 90 valence electrons. The molecule has 0 atom stereocenters. The molecule has 1 amide bonds. The molecule has 6 nitrogen and oxygen atoms in total. The topological polar surface area (TPSA) is 82.7 Å². The minimum atomic E-state index is -0.0301. The van der Waals surface area contributed by atoms with Crippen LogP contribution in [0.5, 0.6) is 0 Å². The van der Waals surface area contributed by atoms with E-state index >= 15 is 0 Å². The second kappa shape index (κ2) is 4.82. The number of anilines is 1. The maximum absolute atomic E-state index is 10.7. The number of hydrogen-bond acceptors (Lipinski definition) is 4. The van der Waals surface area contributed by atoms with Crippen LogP contribution in [-0.2, 0) is 4.79 Å². The number of amides is 1. The van der Waals surface area contributed by atoms with Crippen molar-refractivity contribution in [3.63, 3.8) is 0 Å². The van der Waals surface area contributed by atoms with Gasteiger partial charge in [0.1, 0.15) is 5.82 Å². The summed E-state index contributed by atoms with van der Waals surface area (Å²) >= 11 is 0. The molecule has 17 heavy (non-hydrogen) atoms. The predicted octanol–water partition coefficient (Wildman–Crippen LogP) is 0.814. The molecule has 0 unspecified atom stereocenters. The van der Waals surface area contributed by atoms with E-state index in [0.29, 0.717) is 13.1 Å². The van der Waals surface area contributed by atoms with Crippen molar-refractivity contribution >= 4 is 22.6 Å². The van der Waals surface area contributed by atoms with Crippen LogP contribution in [0.2, 0.25) is 0 Å². The van der Waals surface area contributed by atoms with Crippen LogP contribution in [0.1, 0.15) is 12.6 Å². The monoisotopic (exact) mass is 233 g/mol. The molecule has 6 heteroatoms. The number of rotatable bonds is 4. The molecular weight excluding hydrogens is 218 g/mol. The van der Waals surface area contributed by atoms with E-state index in [9.17, 15) is 4.79 Å². The quantitative estimate of drug-likeness (QED) is 0.683. The zero-order valence-electron chi connectivity index (χ0n) is 9.87. The minimum Gasteiger partial charge on any atom is -0.368 e. The Kier molecular flexibility index (Phi) is 3.22. The van der Waals surface area contributed by atoms with Gasteiger partial charge in [-0.05, 0) is 13.0 Å². The summed E-state index contributed by atoms with van der Waals surface area (Å²) in [6, 6.07) is 1.86. The van der Waals surface area contributed by atoms with Crippen molar-refractivity contribution < 1.29 is 4.79 Å². The van der Waals surface area contributed by atoms with Crippen LogP contribution in [0.3, 0.4) is 0 Å². The van der Waals surface area contributed by atoms with Crippen molar-refractivity contribution in [1.29, 1.82) is 0 Å². The third-order valence-electron chi connectivity index (χ3n) is 2.44. The Bertz CT molecular complexity index is 534. The second-order valence-corrected chi connectivity index (χ2v) is 3.81. The van der Waals surface area contributed by atoms with Crippen molar-refractivity contribution in [3.05, 3.63) is 18.0 Å². The standard InChI is InChI=1S/C11H15N5O/c1-7-10-9(16-15-7)3-4-13-11(10)14-6-5-12-8(2)17/h3-4H,5-6H2,1-2H3,(H,12,17)(H,13,14)(H,15,16). The number of aromatic amines is 1. The number of aryl methyl sites for hydroxylation is 1. The Balaban J connectivity index is 2.08. The Morgan fingerprint density at radius 1 is 1.47 bits per heavy atom. The van der Waals surface area contributed by atoms with Crippen LogP contribution in [0.4, 0.5) is 5.82 Å². The molecule has 2 heterocycles. The maximum Gasteiger partial charge on any atom is 0.216 e. The fourth-order valence-corrected chi connectivity index (χ4v) is 1.67. The van der Waals surface area contributed by atoms with E-state index in [0.717, 1.165) is 22.4 Å².